The predicted molar refractivity (Wildman–Crippen MR) is 84.4 cm³/mol. The molecule has 0 spiro atoms. The number of alkyl carbamates (subject to hydrolysis) is 1. The standard InChI is InChI=1S/C16H32N2O3/c1-15(2,3)21-14(19)17-12-13(18(4)5)11-16(20)9-7-6-8-10-16/h13,20H,6-12H2,1-5H3,(H,17,19). The number of aliphatic hydroxyl groups is 1. The maximum absolute atomic E-state index is 11.7. The first-order chi connectivity index (χ1) is 9.61. The van der Waals surface area contributed by atoms with Gasteiger partial charge in [-0.05, 0) is 54.1 Å². The molecular formula is C16H32N2O3. The topological polar surface area (TPSA) is 61.8 Å². The number of likely N-dealkylation sites (N-methyl/N-ethyl adjacent to an activating group) is 1. The molecule has 1 atom stereocenters. The van der Waals surface area contributed by atoms with Crippen molar-refractivity contribution in [1.82, 2.24) is 10.2 Å². The minimum atomic E-state index is -0.581. The van der Waals surface area contributed by atoms with Crippen LogP contribution >= 0.6 is 0 Å². The van der Waals surface area contributed by atoms with Crippen LogP contribution in [0.5, 0.6) is 0 Å². The summed E-state index contributed by atoms with van der Waals surface area (Å²) in [5.74, 6) is 0. The van der Waals surface area contributed by atoms with Gasteiger partial charge in [-0.25, -0.2) is 4.79 Å². The summed E-state index contributed by atoms with van der Waals surface area (Å²) >= 11 is 0. The minimum absolute atomic E-state index is 0.112. The molecule has 2 N–H and O–H groups in total. The average Bonchev–Trinajstić information content (AvgIpc) is 2.33. The van der Waals surface area contributed by atoms with Crippen LogP contribution in [-0.4, -0.2) is 54.0 Å². The molecule has 21 heavy (non-hydrogen) atoms. The van der Waals surface area contributed by atoms with Gasteiger partial charge in [-0.3, -0.25) is 0 Å². The van der Waals surface area contributed by atoms with Crippen molar-refractivity contribution in [1.29, 1.82) is 0 Å². The number of carbonyl (C=O) groups is 1. The Morgan fingerprint density at radius 2 is 1.86 bits per heavy atom. The number of nitrogens with zero attached hydrogens (tertiary/aromatic N) is 1. The van der Waals surface area contributed by atoms with Crippen molar-refractivity contribution in [2.75, 3.05) is 20.6 Å². The van der Waals surface area contributed by atoms with Crippen LogP contribution < -0.4 is 5.32 Å². The van der Waals surface area contributed by atoms with Gasteiger partial charge < -0.3 is 20.1 Å². The van der Waals surface area contributed by atoms with Gasteiger partial charge in [-0.15, -0.1) is 0 Å². The highest BCUT2D eigenvalue weighted by molar-refractivity contribution is 5.67. The van der Waals surface area contributed by atoms with Gasteiger partial charge in [0.1, 0.15) is 5.60 Å². The van der Waals surface area contributed by atoms with Crippen LogP contribution in [0.3, 0.4) is 0 Å². The first kappa shape index (κ1) is 18.2. The largest absolute Gasteiger partial charge is 0.444 e. The Labute approximate surface area is 129 Å². The molecule has 1 rings (SSSR count). The molecule has 0 aromatic heterocycles. The van der Waals surface area contributed by atoms with Crippen LogP contribution in [0.2, 0.25) is 0 Å². The zero-order valence-electron chi connectivity index (χ0n) is 14.2. The summed E-state index contributed by atoms with van der Waals surface area (Å²) in [6.45, 7) is 6.03. The van der Waals surface area contributed by atoms with Crippen molar-refractivity contribution in [3.05, 3.63) is 0 Å². The number of amides is 1. The summed E-state index contributed by atoms with van der Waals surface area (Å²) in [5.41, 5.74) is -1.07. The molecule has 0 radical (unpaired) electrons. The van der Waals surface area contributed by atoms with Crippen molar-refractivity contribution in [3.63, 3.8) is 0 Å². The van der Waals surface area contributed by atoms with E-state index < -0.39 is 17.3 Å². The second-order valence-electron chi connectivity index (χ2n) is 7.49. The smallest absolute Gasteiger partial charge is 0.407 e. The van der Waals surface area contributed by atoms with Gasteiger partial charge in [0, 0.05) is 12.6 Å². The van der Waals surface area contributed by atoms with Crippen molar-refractivity contribution in [2.45, 2.75) is 76.5 Å². The molecule has 1 unspecified atom stereocenters. The van der Waals surface area contributed by atoms with Crippen LogP contribution in [0.25, 0.3) is 0 Å². The molecule has 5 heteroatoms. The monoisotopic (exact) mass is 300 g/mol. The number of rotatable bonds is 5. The van der Waals surface area contributed by atoms with Gasteiger partial charge in [-0.1, -0.05) is 19.3 Å². The van der Waals surface area contributed by atoms with Crippen molar-refractivity contribution < 1.29 is 14.6 Å². The normalized spacial score (nSPS) is 20.1. The lowest BCUT2D eigenvalue weighted by atomic mass is 9.80. The lowest BCUT2D eigenvalue weighted by Crippen LogP contribution is -2.47. The third kappa shape index (κ3) is 7.14. The van der Waals surface area contributed by atoms with E-state index in [0.29, 0.717) is 13.0 Å². The molecule has 0 aromatic carbocycles. The molecule has 0 saturated heterocycles. The summed E-state index contributed by atoms with van der Waals surface area (Å²) < 4.78 is 5.25. The summed E-state index contributed by atoms with van der Waals surface area (Å²) in [7, 11) is 3.96. The maximum Gasteiger partial charge on any atom is 0.407 e. The molecule has 1 aliphatic carbocycles. The molecule has 1 aliphatic rings. The van der Waals surface area contributed by atoms with E-state index in [9.17, 15) is 9.90 Å². The van der Waals surface area contributed by atoms with Crippen LogP contribution in [-0.2, 0) is 4.74 Å². The van der Waals surface area contributed by atoms with Crippen LogP contribution in [0.15, 0.2) is 0 Å². The molecule has 0 aliphatic heterocycles. The highest BCUT2D eigenvalue weighted by Gasteiger charge is 2.33. The molecule has 5 nitrogen and oxygen atoms in total. The number of nitrogens with one attached hydrogen (secondary N) is 1. The third-order valence-corrected chi connectivity index (χ3v) is 4.01. The molecule has 0 aromatic rings. The van der Waals surface area contributed by atoms with Crippen molar-refractivity contribution in [2.24, 2.45) is 0 Å². The van der Waals surface area contributed by atoms with E-state index in [1.807, 2.05) is 34.9 Å². The van der Waals surface area contributed by atoms with Gasteiger partial charge in [0.2, 0.25) is 0 Å². The Bertz CT molecular complexity index is 331. The summed E-state index contributed by atoms with van der Waals surface area (Å²) in [4.78, 5) is 13.8. The first-order valence-corrected chi connectivity index (χ1v) is 7.97. The van der Waals surface area contributed by atoms with Crippen molar-refractivity contribution >= 4 is 6.09 Å². The SMILES string of the molecule is CN(C)C(CNC(=O)OC(C)(C)C)CC1(O)CCCCC1. The Hall–Kier alpha value is -0.810. The molecule has 1 saturated carbocycles. The van der Waals surface area contributed by atoms with Crippen molar-refractivity contribution in [3.8, 4) is 0 Å². The second-order valence-corrected chi connectivity index (χ2v) is 7.49. The summed E-state index contributed by atoms with van der Waals surface area (Å²) in [6.07, 6.45) is 5.42. The summed E-state index contributed by atoms with van der Waals surface area (Å²) in [5, 5.41) is 13.5. The minimum Gasteiger partial charge on any atom is -0.444 e. The number of ether oxygens (including phenoxy) is 1. The fourth-order valence-electron chi connectivity index (χ4n) is 2.81. The average molecular weight is 300 g/mol. The zero-order chi connectivity index (χ0) is 16.1. The van der Waals surface area contributed by atoms with Gasteiger partial charge >= 0.3 is 6.09 Å². The second kappa shape index (κ2) is 7.45. The van der Waals surface area contributed by atoms with Crippen LogP contribution in [0.4, 0.5) is 4.79 Å². The predicted octanol–water partition coefficient (Wildman–Crippen LogP) is 2.53. The Balaban J connectivity index is 2.48. The van der Waals surface area contributed by atoms with Crippen LogP contribution in [0, 0.1) is 0 Å². The fraction of sp³-hybridized carbons (Fsp3) is 0.938. The lowest BCUT2D eigenvalue weighted by Gasteiger charge is -2.37. The lowest BCUT2D eigenvalue weighted by molar-refractivity contribution is -0.0225. The Morgan fingerprint density at radius 1 is 1.29 bits per heavy atom. The quantitative estimate of drug-likeness (QED) is 0.819. The molecular weight excluding hydrogens is 268 g/mol. The van der Waals surface area contributed by atoms with E-state index in [1.165, 1.54) is 6.42 Å². The number of hydrogen-bond donors (Lipinski definition) is 2. The first-order valence-electron chi connectivity index (χ1n) is 7.97. The van der Waals surface area contributed by atoms with E-state index in [2.05, 4.69) is 10.2 Å². The number of hydrogen-bond acceptors (Lipinski definition) is 4. The Morgan fingerprint density at radius 3 is 2.33 bits per heavy atom. The molecule has 1 amide bonds. The number of carbonyl (C=O) groups excluding carboxylic acids is 1. The molecule has 0 heterocycles. The Kier molecular flexibility index (Phi) is 6.47. The van der Waals surface area contributed by atoms with Gasteiger partial charge in [0.05, 0.1) is 5.60 Å². The molecule has 124 valence electrons. The van der Waals surface area contributed by atoms with Gasteiger partial charge in [0.25, 0.3) is 0 Å². The van der Waals surface area contributed by atoms with Gasteiger partial charge in [0.15, 0.2) is 0 Å². The van der Waals surface area contributed by atoms with E-state index in [-0.39, 0.29) is 6.04 Å². The summed E-state index contributed by atoms with van der Waals surface area (Å²) in [6, 6.07) is 0.112. The zero-order valence-corrected chi connectivity index (χ0v) is 14.2. The van der Waals surface area contributed by atoms with Crippen LogP contribution in [0.1, 0.15) is 59.3 Å². The third-order valence-electron chi connectivity index (χ3n) is 4.01. The molecule has 1 fully saturated rings. The van der Waals surface area contributed by atoms with E-state index in [0.717, 1.165) is 25.7 Å². The maximum atomic E-state index is 11.7. The highest BCUT2D eigenvalue weighted by atomic mass is 16.6. The molecule has 0 bridgehead atoms. The van der Waals surface area contributed by atoms with E-state index in [1.54, 1.807) is 0 Å². The van der Waals surface area contributed by atoms with Gasteiger partial charge in [-0.2, -0.15) is 0 Å². The highest BCUT2D eigenvalue weighted by Crippen LogP contribution is 2.32. The van der Waals surface area contributed by atoms with E-state index >= 15 is 0 Å². The fourth-order valence-corrected chi connectivity index (χ4v) is 2.81. The van der Waals surface area contributed by atoms with E-state index in [4.69, 9.17) is 4.74 Å².